The number of aromatic nitrogens is 2. The Balaban J connectivity index is 1.60. The maximum atomic E-state index is 13.4. The van der Waals surface area contributed by atoms with Crippen LogP contribution >= 0.6 is 55.1 Å². The number of fused-ring (bicyclic) bond motifs is 1. The number of benzene rings is 3. The lowest BCUT2D eigenvalue weighted by atomic mass is 10.1. The smallest absolute Gasteiger partial charge is 0.149 e. The summed E-state index contributed by atoms with van der Waals surface area (Å²) in [5, 5.41) is 10.6. The minimum Gasteiger partial charge on any atom is -0.487 e. The number of halogens is 5. The van der Waals surface area contributed by atoms with E-state index in [-0.39, 0.29) is 5.82 Å². The molecule has 0 saturated carbocycles. The lowest BCUT2D eigenvalue weighted by Gasteiger charge is -2.12. The molecule has 0 radical (unpaired) electrons. The van der Waals surface area contributed by atoms with Crippen LogP contribution in [0.15, 0.2) is 57.5 Å². The Labute approximate surface area is 209 Å². The van der Waals surface area contributed by atoms with Crippen LogP contribution in [0, 0.1) is 17.1 Å². The summed E-state index contributed by atoms with van der Waals surface area (Å²) < 4.78 is 20.8. The van der Waals surface area contributed by atoms with Crippen LogP contribution in [0.25, 0.3) is 22.7 Å². The van der Waals surface area contributed by atoms with E-state index >= 15 is 0 Å². The van der Waals surface area contributed by atoms with E-state index < -0.39 is 0 Å². The zero-order valence-electron chi connectivity index (χ0n) is 16.1. The number of nitriles is 1. The van der Waals surface area contributed by atoms with E-state index in [1.165, 1.54) is 12.1 Å². The van der Waals surface area contributed by atoms with Crippen molar-refractivity contribution in [1.29, 1.82) is 5.26 Å². The maximum absolute atomic E-state index is 13.4. The van der Waals surface area contributed by atoms with Gasteiger partial charge in [0.05, 0.1) is 35.6 Å². The van der Waals surface area contributed by atoms with Crippen molar-refractivity contribution in [1.82, 2.24) is 9.97 Å². The highest BCUT2D eigenvalue weighted by Gasteiger charge is 2.12. The predicted octanol–water partition coefficient (Wildman–Crippen LogP) is 8.18. The summed E-state index contributed by atoms with van der Waals surface area (Å²) in [6.07, 6.45) is 1.69. The van der Waals surface area contributed by atoms with Gasteiger partial charge in [-0.05, 0) is 91.5 Å². The molecule has 0 aliphatic rings. The molecule has 0 bridgehead atoms. The van der Waals surface area contributed by atoms with E-state index in [0.717, 1.165) is 11.1 Å². The van der Waals surface area contributed by atoms with Crippen LogP contribution in [0.5, 0.6) is 5.75 Å². The van der Waals surface area contributed by atoms with Crippen molar-refractivity contribution < 1.29 is 9.13 Å². The third kappa shape index (κ3) is 5.00. The fourth-order valence-electron chi connectivity index (χ4n) is 3.02. The highest BCUT2D eigenvalue weighted by Crippen LogP contribution is 2.36. The summed E-state index contributed by atoms with van der Waals surface area (Å²) in [5.74, 6) is 0.589. The van der Waals surface area contributed by atoms with Gasteiger partial charge in [-0.1, -0.05) is 29.3 Å². The third-order valence-electron chi connectivity index (χ3n) is 4.52. The van der Waals surface area contributed by atoms with Crippen LogP contribution < -0.4 is 4.74 Å². The number of hydrogen-bond donors (Lipinski definition) is 1. The summed E-state index contributed by atoms with van der Waals surface area (Å²) in [5.41, 5.74) is 3.03. The van der Waals surface area contributed by atoms with Gasteiger partial charge in [0.25, 0.3) is 0 Å². The Morgan fingerprint density at radius 2 is 1.84 bits per heavy atom. The van der Waals surface area contributed by atoms with E-state index in [4.69, 9.17) is 27.9 Å². The fraction of sp³-hybridized carbons (Fsp3) is 0.0435. The number of rotatable bonds is 5. The summed E-state index contributed by atoms with van der Waals surface area (Å²) in [4.78, 5) is 7.36. The van der Waals surface area contributed by atoms with Crippen molar-refractivity contribution in [3.05, 3.63) is 90.3 Å². The van der Waals surface area contributed by atoms with E-state index in [1.807, 2.05) is 18.2 Å². The number of hydrogen-bond acceptors (Lipinski definition) is 3. The maximum Gasteiger partial charge on any atom is 0.149 e. The number of nitrogens with one attached hydrogen (secondary N) is 1. The van der Waals surface area contributed by atoms with Crippen LogP contribution in [0.2, 0.25) is 10.0 Å². The average molecular weight is 596 g/mol. The fourth-order valence-corrected chi connectivity index (χ4v) is 4.79. The van der Waals surface area contributed by atoms with Gasteiger partial charge in [-0.25, -0.2) is 9.37 Å². The molecule has 0 saturated heterocycles. The zero-order valence-corrected chi connectivity index (χ0v) is 20.8. The number of nitrogens with zero attached hydrogens (tertiary/aromatic N) is 2. The number of imidazole rings is 1. The molecule has 0 atom stereocenters. The third-order valence-corrected chi connectivity index (χ3v) is 6.44. The van der Waals surface area contributed by atoms with Crippen molar-refractivity contribution >= 4 is 77.7 Å². The molecule has 32 heavy (non-hydrogen) atoms. The van der Waals surface area contributed by atoms with Crippen LogP contribution in [0.1, 0.15) is 17.0 Å². The van der Waals surface area contributed by atoms with E-state index in [2.05, 4.69) is 47.9 Å². The molecule has 0 aliphatic carbocycles. The first kappa shape index (κ1) is 22.8. The van der Waals surface area contributed by atoms with Gasteiger partial charge in [-0.15, -0.1) is 0 Å². The molecule has 0 amide bonds. The van der Waals surface area contributed by atoms with Crippen molar-refractivity contribution in [3.63, 3.8) is 0 Å². The Hall–Kier alpha value is -2.37. The normalized spacial score (nSPS) is 11.6. The lowest BCUT2D eigenvalue weighted by molar-refractivity contribution is 0.302. The highest BCUT2D eigenvalue weighted by atomic mass is 79.9. The molecular formula is C23H12Br2Cl2FN3O. The van der Waals surface area contributed by atoms with Crippen LogP contribution in [0.3, 0.4) is 0 Å². The molecule has 1 aromatic heterocycles. The summed E-state index contributed by atoms with van der Waals surface area (Å²) >= 11 is 19.1. The van der Waals surface area contributed by atoms with Gasteiger partial charge >= 0.3 is 0 Å². The Bertz CT molecular complexity index is 1390. The SMILES string of the molecule is N#C/C(=C/c1cc(Br)c(OCc2ccc(Cl)c(Cl)c2)c(Br)c1)c1nc2ccc(F)cc2[nH]1. The Morgan fingerprint density at radius 3 is 2.53 bits per heavy atom. The highest BCUT2D eigenvalue weighted by molar-refractivity contribution is 9.11. The van der Waals surface area contributed by atoms with E-state index in [9.17, 15) is 9.65 Å². The monoisotopic (exact) mass is 593 g/mol. The Morgan fingerprint density at radius 1 is 1.09 bits per heavy atom. The molecule has 1 heterocycles. The van der Waals surface area contributed by atoms with Crippen molar-refractivity contribution in [2.24, 2.45) is 0 Å². The molecule has 160 valence electrons. The molecule has 0 fully saturated rings. The second-order valence-electron chi connectivity index (χ2n) is 6.77. The first-order valence-electron chi connectivity index (χ1n) is 9.17. The van der Waals surface area contributed by atoms with Crippen molar-refractivity contribution in [3.8, 4) is 11.8 Å². The molecule has 0 spiro atoms. The summed E-state index contributed by atoms with van der Waals surface area (Å²) in [6.45, 7) is 0.294. The molecule has 4 nitrogen and oxygen atoms in total. The number of ether oxygens (including phenoxy) is 1. The van der Waals surface area contributed by atoms with Gasteiger partial charge in [0, 0.05) is 0 Å². The largest absolute Gasteiger partial charge is 0.487 e. The standard InChI is InChI=1S/C23H12Br2Cl2FN3O/c24-16-6-13(5-14(10-29)23-30-20-4-2-15(28)9-21(20)31-23)7-17(25)22(16)32-11-12-1-3-18(26)19(27)8-12/h1-9H,11H2,(H,30,31)/b14-5-. The van der Waals surface area contributed by atoms with Crippen molar-refractivity contribution in [2.75, 3.05) is 0 Å². The van der Waals surface area contributed by atoms with Gasteiger partial charge in [-0.3, -0.25) is 0 Å². The molecule has 3 aromatic carbocycles. The molecule has 0 unspecified atom stereocenters. The van der Waals surface area contributed by atoms with E-state index in [1.54, 1.807) is 24.3 Å². The Kier molecular flexibility index (Phi) is 6.87. The van der Waals surface area contributed by atoms with Gasteiger partial charge in [-0.2, -0.15) is 5.26 Å². The minimum absolute atomic E-state index is 0.294. The van der Waals surface area contributed by atoms with Crippen LogP contribution in [-0.4, -0.2) is 9.97 Å². The summed E-state index contributed by atoms with van der Waals surface area (Å²) in [6, 6.07) is 15.3. The van der Waals surface area contributed by atoms with Crippen LogP contribution in [0.4, 0.5) is 4.39 Å². The second-order valence-corrected chi connectivity index (χ2v) is 9.29. The number of H-pyrrole nitrogens is 1. The molecule has 4 rings (SSSR count). The molecule has 0 aliphatic heterocycles. The van der Waals surface area contributed by atoms with Gasteiger partial charge < -0.3 is 9.72 Å². The van der Waals surface area contributed by atoms with Crippen molar-refractivity contribution in [2.45, 2.75) is 6.61 Å². The molecule has 9 heteroatoms. The molecule has 1 N–H and O–H groups in total. The lowest BCUT2D eigenvalue weighted by Crippen LogP contribution is -1.97. The minimum atomic E-state index is -0.375. The second kappa shape index (κ2) is 9.63. The molecule has 4 aromatic rings. The summed E-state index contributed by atoms with van der Waals surface area (Å²) in [7, 11) is 0. The van der Waals surface area contributed by atoms with Gasteiger partial charge in [0.2, 0.25) is 0 Å². The average Bonchev–Trinajstić information content (AvgIpc) is 3.16. The van der Waals surface area contributed by atoms with Gasteiger partial charge in [0.1, 0.15) is 30.1 Å². The first-order valence-corrected chi connectivity index (χ1v) is 11.5. The number of allylic oxidation sites excluding steroid dienone is 1. The quantitative estimate of drug-likeness (QED) is 0.237. The van der Waals surface area contributed by atoms with E-state index in [0.29, 0.717) is 53.8 Å². The zero-order chi connectivity index (χ0) is 22.8. The van der Waals surface area contributed by atoms with Gasteiger partial charge in [0.15, 0.2) is 0 Å². The topological polar surface area (TPSA) is 61.7 Å². The predicted molar refractivity (Wildman–Crippen MR) is 132 cm³/mol. The molecular weight excluding hydrogens is 584 g/mol. The number of aromatic amines is 1. The van der Waals surface area contributed by atoms with Crippen LogP contribution in [-0.2, 0) is 6.61 Å². The first-order chi connectivity index (χ1) is 15.3.